The number of hydrogen-bond acceptors (Lipinski definition) is 4. The molecule has 1 aromatic carbocycles. The van der Waals surface area contributed by atoms with Gasteiger partial charge >= 0.3 is 0 Å². The molecule has 0 aliphatic carbocycles. The highest BCUT2D eigenvalue weighted by Gasteiger charge is 2.05. The molecule has 0 atom stereocenters. The topological polar surface area (TPSA) is 51.5 Å². The number of nitrogens with zero attached hydrogens (tertiary/aromatic N) is 3. The molecule has 2 heterocycles. The number of fused-ring (bicyclic) bond motifs is 1. The van der Waals surface area contributed by atoms with Gasteiger partial charge in [-0.2, -0.15) is 0 Å². The molecule has 0 bridgehead atoms. The number of anilines is 1. The van der Waals surface area contributed by atoms with E-state index in [1.165, 1.54) is 0 Å². The fourth-order valence-electron chi connectivity index (χ4n) is 2.02. The molecule has 5 nitrogen and oxygen atoms in total. The third kappa shape index (κ3) is 2.96. The van der Waals surface area contributed by atoms with Gasteiger partial charge in [0.1, 0.15) is 10.4 Å². The maximum Gasteiger partial charge on any atom is 0.155 e. The molecule has 0 saturated carbocycles. The number of hydrogen-bond donors (Lipinski definition) is 1. The van der Waals surface area contributed by atoms with Crippen molar-refractivity contribution in [3.05, 3.63) is 52.1 Å². The number of methoxy groups -OCH3 is 1. The maximum absolute atomic E-state index is 6.11. The molecule has 108 valence electrons. The maximum atomic E-state index is 6.11. The summed E-state index contributed by atoms with van der Waals surface area (Å²) in [6.07, 6.45) is 5.43. The van der Waals surface area contributed by atoms with Gasteiger partial charge in [0.05, 0.1) is 36.8 Å². The number of rotatable bonds is 4. The van der Waals surface area contributed by atoms with Crippen molar-refractivity contribution >= 4 is 38.9 Å². The lowest BCUT2D eigenvalue weighted by atomic mass is 10.3. The van der Waals surface area contributed by atoms with Gasteiger partial charge in [-0.3, -0.25) is 4.40 Å². The van der Waals surface area contributed by atoms with Crippen LogP contribution in [0, 0.1) is 0 Å². The van der Waals surface area contributed by atoms with Crippen LogP contribution in [0.5, 0.6) is 5.75 Å². The Hall–Kier alpha value is -1.79. The third-order valence-corrected chi connectivity index (χ3v) is 3.77. The van der Waals surface area contributed by atoms with E-state index in [0.717, 1.165) is 21.6 Å². The number of halogens is 2. The monoisotopic (exact) mass is 366 g/mol. The van der Waals surface area contributed by atoms with Gasteiger partial charge in [-0.05, 0) is 34.1 Å². The zero-order valence-electron chi connectivity index (χ0n) is 11.2. The van der Waals surface area contributed by atoms with Crippen LogP contribution in [0.4, 0.5) is 5.69 Å². The molecule has 0 aliphatic heterocycles. The Bertz CT molecular complexity index is 790. The second-order valence-electron chi connectivity index (χ2n) is 4.39. The van der Waals surface area contributed by atoms with Crippen LogP contribution in [-0.2, 0) is 6.54 Å². The highest BCUT2D eigenvalue weighted by molar-refractivity contribution is 9.10. The molecule has 0 radical (unpaired) electrons. The van der Waals surface area contributed by atoms with Crippen LogP contribution in [0.3, 0.4) is 0 Å². The van der Waals surface area contributed by atoms with Crippen molar-refractivity contribution < 1.29 is 4.74 Å². The van der Waals surface area contributed by atoms with Crippen LogP contribution in [0.25, 0.3) is 5.65 Å². The Kier molecular flexibility index (Phi) is 3.98. The van der Waals surface area contributed by atoms with Crippen molar-refractivity contribution in [2.75, 3.05) is 12.4 Å². The fraction of sp³-hybridized carbons (Fsp3) is 0.143. The minimum atomic E-state index is 0.576. The van der Waals surface area contributed by atoms with Crippen LogP contribution in [0.1, 0.15) is 5.69 Å². The Morgan fingerprint density at radius 3 is 2.95 bits per heavy atom. The lowest BCUT2D eigenvalue weighted by Gasteiger charge is -2.09. The van der Waals surface area contributed by atoms with Crippen molar-refractivity contribution in [3.8, 4) is 5.75 Å². The van der Waals surface area contributed by atoms with E-state index in [4.69, 9.17) is 16.3 Å². The molecule has 3 aromatic rings. The predicted molar refractivity (Wildman–Crippen MR) is 86.0 cm³/mol. The minimum absolute atomic E-state index is 0.576. The standard InChI is InChI=1S/C14H12BrClN4O/c1-21-12-3-2-9(4-11(12)16)17-5-10-6-19-14-7-18-13(15)8-20(10)14/h2-4,6-8,17H,5H2,1H3. The van der Waals surface area contributed by atoms with Crippen molar-refractivity contribution in [3.63, 3.8) is 0 Å². The number of aromatic nitrogens is 3. The summed E-state index contributed by atoms with van der Waals surface area (Å²) in [7, 11) is 1.60. The molecule has 0 fully saturated rings. The van der Waals surface area contributed by atoms with E-state index in [0.29, 0.717) is 17.3 Å². The van der Waals surface area contributed by atoms with Crippen LogP contribution < -0.4 is 10.1 Å². The highest BCUT2D eigenvalue weighted by atomic mass is 79.9. The molecule has 0 spiro atoms. The summed E-state index contributed by atoms with van der Waals surface area (Å²) in [5.74, 6) is 0.659. The van der Waals surface area contributed by atoms with Gasteiger partial charge in [-0.1, -0.05) is 11.6 Å². The normalized spacial score (nSPS) is 10.8. The van der Waals surface area contributed by atoms with E-state index in [1.54, 1.807) is 13.3 Å². The van der Waals surface area contributed by atoms with Gasteiger partial charge in [0, 0.05) is 11.9 Å². The number of benzene rings is 1. The summed E-state index contributed by atoms with van der Waals surface area (Å²) < 4.78 is 7.88. The Labute approximate surface area is 135 Å². The molecule has 0 aliphatic rings. The van der Waals surface area contributed by atoms with Gasteiger partial charge in [0.25, 0.3) is 0 Å². The first kappa shape index (κ1) is 14.2. The molecule has 0 unspecified atom stereocenters. The lowest BCUT2D eigenvalue weighted by molar-refractivity contribution is 0.415. The van der Waals surface area contributed by atoms with Crippen molar-refractivity contribution in [1.82, 2.24) is 14.4 Å². The number of ether oxygens (including phenoxy) is 1. The molecule has 0 amide bonds. The summed E-state index contributed by atoms with van der Waals surface area (Å²) in [5.41, 5.74) is 2.76. The van der Waals surface area contributed by atoms with Crippen LogP contribution in [-0.4, -0.2) is 21.5 Å². The van der Waals surface area contributed by atoms with E-state index in [-0.39, 0.29) is 0 Å². The predicted octanol–water partition coefficient (Wildman–Crippen LogP) is 3.77. The first-order valence-corrected chi connectivity index (χ1v) is 7.39. The molecular formula is C14H12BrClN4O. The van der Waals surface area contributed by atoms with Crippen molar-refractivity contribution in [2.45, 2.75) is 6.54 Å². The molecule has 21 heavy (non-hydrogen) atoms. The molecule has 3 rings (SSSR count). The average molecular weight is 368 g/mol. The number of imidazole rings is 1. The van der Waals surface area contributed by atoms with Crippen molar-refractivity contribution in [2.24, 2.45) is 0 Å². The molecule has 7 heteroatoms. The number of nitrogens with one attached hydrogen (secondary N) is 1. The van der Waals surface area contributed by atoms with Crippen LogP contribution in [0.15, 0.2) is 41.4 Å². The first-order valence-electron chi connectivity index (χ1n) is 6.22. The van der Waals surface area contributed by atoms with E-state index >= 15 is 0 Å². The molecule has 2 aromatic heterocycles. The lowest BCUT2D eigenvalue weighted by Crippen LogP contribution is -2.03. The van der Waals surface area contributed by atoms with Gasteiger partial charge in [0.15, 0.2) is 5.65 Å². The summed E-state index contributed by atoms with van der Waals surface area (Å²) in [6.45, 7) is 0.625. The summed E-state index contributed by atoms with van der Waals surface area (Å²) >= 11 is 9.47. The van der Waals surface area contributed by atoms with Gasteiger partial charge in [0.2, 0.25) is 0 Å². The third-order valence-electron chi connectivity index (χ3n) is 3.07. The van der Waals surface area contributed by atoms with E-state index < -0.39 is 0 Å². The zero-order chi connectivity index (χ0) is 14.8. The van der Waals surface area contributed by atoms with Crippen LogP contribution in [0.2, 0.25) is 5.02 Å². The molecule has 1 N–H and O–H groups in total. The largest absolute Gasteiger partial charge is 0.495 e. The summed E-state index contributed by atoms with van der Waals surface area (Å²) in [5, 5.41) is 3.89. The van der Waals surface area contributed by atoms with E-state index in [2.05, 4.69) is 31.2 Å². The first-order chi connectivity index (χ1) is 10.2. The smallest absolute Gasteiger partial charge is 0.155 e. The summed E-state index contributed by atoms with van der Waals surface area (Å²) in [4.78, 5) is 8.46. The average Bonchev–Trinajstić information content (AvgIpc) is 2.87. The fourth-order valence-corrected chi connectivity index (χ4v) is 2.58. The SMILES string of the molecule is COc1ccc(NCc2cnc3cnc(Br)cn23)cc1Cl. The Morgan fingerprint density at radius 1 is 1.33 bits per heavy atom. The molecule has 0 saturated heterocycles. The quantitative estimate of drug-likeness (QED) is 0.763. The van der Waals surface area contributed by atoms with Crippen LogP contribution >= 0.6 is 27.5 Å². The van der Waals surface area contributed by atoms with Gasteiger partial charge in [-0.15, -0.1) is 0 Å². The second-order valence-corrected chi connectivity index (χ2v) is 5.61. The Balaban J connectivity index is 1.80. The van der Waals surface area contributed by atoms with E-state index in [9.17, 15) is 0 Å². The van der Waals surface area contributed by atoms with Gasteiger partial charge < -0.3 is 10.1 Å². The second kappa shape index (κ2) is 5.91. The zero-order valence-corrected chi connectivity index (χ0v) is 13.5. The van der Waals surface area contributed by atoms with Crippen molar-refractivity contribution in [1.29, 1.82) is 0 Å². The highest BCUT2D eigenvalue weighted by Crippen LogP contribution is 2.27. The van der Waals surface area contributed by atoms with E-state index in [1.807, 2.05) is 35.0 Å². The molecular weight excluding hydrogens is 356 g/mol. The summed E-state index contributed by atoms with van der Waals surface area (Å²) in [6, 6.07) is 5.59. The van der Waals surface area contributed by atoms with Gasteiger partial charge in [-0.25, -0.2) is 9.97 Å². The minimum Gasteiger partial charge on any atom is -0.495 e. The Morgan fingerprint density at radius 2 is 2.19 bits per heavy atom.